The van der Waals surface area contributed by atoms with Crippen LogP contribution in [0.4, 0.5) is 0 Å². The standard InChI is InChI=1S/C22H16N4O3S2/c1-14-9-10-18-16(12-14)22(27)25-21(24-18)17(13-23)20(15-6-3-2-4-7-15)26-31(28,29)19-8-5-11-30-19/h2-12,17H,1H3,(H,24,25,27)/b26-20-. The molecule has 31 heavy (non-hydrogen) atoms. The van der Waals surface area contributed by atoms with Crippen molar-refractivity contribution >= 4 is 38.0 Å². The molecule has 1 unspecified atom stereocenters. The third kappa shape index (κ3) is 4.17. The van der Waals surface area contributed by atoms with Gasteiger partial charge < -0.3 is 4.98 Å². The molecular weight excluding hydrogens is 432 g/mol. The molecule has 0 aliphatic carbocycles. The molecular formula is C22H16N4O3S2. The van der Waals surface area contributed by atoms with E-state index < -0.39 is 21.5 Å². The molecule has 4 rings (SSSR count). The van der Waals surface area contributed by atoms with Crippen LogP contribution in [0.2, 0.25) is 0 Å². The number of nitriles is 1. The number of nitrogens with zero attached hydrogens (tertiary/aromatic N) is 3. The maximum Gasteiger partial charge on any atom is 0.292 e. The Kier molecular flexibility index (Phi) is 5.50. The number of H-pyrrole nitrogens is 1. The van der Waals surface area contributed by atoms with E-state index in [1.807, 2.05) is 13.0 Å². The predicted molar refractivity (Wildman–Crippen MR) is 120 cm³/mol. The molecule has 4 aromatic rings. The summed E-state index contributed by atoms with van der Waals surface area (Å²) >= 11 is 1.04. The van der Waals surface area contributed by atoms with Crippen molar-refractivity contribution < 1.29 is 8.42 Å². The summed E-state index contributed by atoms with van der Waals surface area (Å²) in [6.07, 6.45) is 0. The Bertz CT molecular complexity index is 1480. The number of fused-ring (bicyclic) bond motifs is 1. The number of nitrogens with one attached hydrogen (secondary N) is 1. The highest BCUT2D eigenvalue weighted by Gasteiger charge is 2.26. The van der Waals surface area contributed by atoms with E-state index in [1.54, 1.807) is 53.9 Å². The van der Waals surface area contributed by atoms with Gasteiger partial charge in [0.05, 0.1) is 22.7 Å². The average molecular weight is 449 g/mol. The zero-order valence-electron chi connectivity index (χ0n) is 16.3. The second-order valence-electron chi connectivity index (χ2n) is 6.78. The summed E-state index contributed by atoms with van der Waals surface area (Å²) in [7, 11) is -4.05. The van der Waals surface area contributed by atoms with Gasteiger partial charge in [0, 0.05) is 0 Å². The Hall–Kier alpha value is -3.61. The van der Waals surface area contributed by atoms with Crippen LogP contribution in [0.25, 0.3) is 10.9 Å². The van der Waals surface area contributed by atoms with Crippen molar-refractivity contribution in [1.29, 1.82) is 5.26 Å². The highest BCUT2D eigenvalue weighted by Crippen LogP contribution is 2.25. The van der Waals surface area contributed by atoms with Crippen molar-refractivity contribution in [3.05, 3.63) is 93.3 Å². The zero-order chi connectivity index (χ0) is 22.0. The Labute approximate surface area is 182 Å². The minimum Gasteiger partial charge on any atom is -0.309 e. The molecule has 9 heteroatoms. The van der Waals surface area contributed by atoms with E-state index in [4.69, 9.17) is 0 Å². The second kappa shape index (κ2) is 8.26. The molecule has 1 N–H and O–H groups in total. The number of hydrogen-bond acceptors (Lipinski definition) is 6. The number of sulfonamides is 1. The Balaban J connectivity index is 1.93. The van der Waals surface area contributed by atoms with Gasteiger partial charge in [-0.2, -0.15) is 18.1 Å². The first kappa shape index (κ1) is 20.7. The highest BCUT2D eigenvalue weighted by molar-refractivity contribution is 7.92. The number of aryl methyl sites for hydroxylation is 1. The molecule has 2 heterocycles. The maximum atomic E-state index is 12.9. The number of aromatic nitrogens is 2. The van der Waals surface area contributed by atoms with E-state index in [2.05, 4.69) is 20.4 Å². The molecule has 2 aromatic carbocycles. The lowest BCUT2D eigenvalue weighted by Crippen LogP contribution is -2.21. The average Bonchev–Trinajstić information content (AvgIpc) is 3.31. The number of hydrogen-bond donors (Lipinski definition) is 1. The van der Waals surface area contributed by atoms with Gasteiger partial charge in [0.2, 0.25) is 0 Å². The van der Waals surface area contributed by atoms with E-state index in [-0.39, 0.29) is 15.7 Å². The van der Waals surface area contributed by atoms with Gasteiger partial charge in [-0.05, 0) is 36.1 Å². The number of rotatable bonds is 5. The van der Waals surface area contributed by atoms with Gasteiger partial charge in [-0.1, -0.05) is 48.0 Å². The van der Waals surface area contributed by atoms with Gasteiger partial charge in [-0.25, -0.2) is 4.98 Å². The summed E-state index contributed by atoms with van der Waals surface area (Å²) in [5.41, 5.74) is 1.35. The fraction of sp³-hybridized carbons (Fsp3) is 0.0909. The molecule has 0 saturated heterocycles. The van der Waals surface area contributed by atoms with Crippen molar-refractivity contribution in [3.8, 4) is 6.07 Å². The van der Waals surface area contributed by atoms with Gasteiger partial charge >= 0.3 is 0 Å². The van der Waals surface area contributed by atoms with Crippen LogP contribution in [0.5, 0.6) is 0 Å². The molecule has 1 atom stereocenters. The van der Waals surface area contributed by atoms with Crippen molar-refractivity contribution in [2.75, 3.05) is 0 Å². The van der Waals surface area contributed by atoms with E-state index in [0.29, 0.717) is 16.5 Å². The first-order chi connectivity index (χ1) is 14.9. The highest BCUT2D eigenvalue weighted by atomic mass is 32.2. The Morgan fingerprint density at radius 3 is 2.61 bits per heavy atom. The number of thiophene rings is 1. The van der Waals surface area contributed by atoms with Crippen molar-refractivity contribution in [1.82, 2.24) is 9.97 Å². The van der Waals surface area contributed by atoms with Gasteiger partial charge in [0.15, 0.2) is 0 Å². The van der Waals surface area contributed by atoms with Crippen molar-refractivity contribution in [2.45, 2.75) is 17.1 Å². The smallest absolute Gasteiger partial charge is 0.292 e. The monoisotopic (exact) mass is 448 g/mol. The third-order valence-corrected chi connectivity index (χ3v) is 7.26. The topological polar surface area (TPSA) is 116 Å². The molecule has 0 radical (unpaired) electrons. The Morgan fingerprint density at radius 2 is 1.94 bits per heavy atom. The zero-order valence-corrected chi connectivity index (χ0v) is 17.9. The molecule has 0 amide bonds. The molecule has 0 saturated carbocycles. The molecule has 7 nitrogen and oxygen atoms in total. The molecule has 0 fully saturated rings. The van der Waals surface area contributed by atoms with Crippen LogP contribution >= 0.6 is 11.3 Å². The molecule has 0 bridgehead atoms. The lowest BCUT2D eigenvalue weighted by molar-refractivity contribution is 0.600. The number of benzene rings is 2. The van der Waals surface area contributed by atoms with Crippen molar-refractivity contribution in [2.24, 2.45) is 4.40 Å². The van der Waals surface area contributed by atoms with E-state index >= 15 is 0 Å². The summed E-state index contributed by atoms with van der Waals surface area (Å²) in [6, 6.07) is 18.9. The third-order valence-electron chi connectivity index (χ3n) is 4.59. The second-order valence-corrected chi connectivity index (χ2v) is 9.56. The van der Waals surface area contributed by atoms with E-state index in [9.17, 15) is 18.5 Å². The number of aromatic amines is 1. The largest absolute Gasteiger partial charge is 0.309 e. The molecule has 0 aliphatic heterocycles. The maximum absolute atomic E-state index is 12.9. The van der Waals surface area contributed by atoms with Crippen LogP contribution in [0.1, 0.15) is 22.9 Å². The van der Waals surface area contributed by atoms with Crippen LogP contribution in [0.15, 0.2) is 79.4 Å². The van der Waals surface area contributed by atoms with Crippen LogP contribution in [0.3, 0.4) is 0 Å². The molecule has 0 spiro atoms. The molecule has 0 aliphatic rings. The first-order valence-corrected chi connectivity index (χ1v) is 11.5. The predicted octanol–water partition coefficient (Wildman–Crippen LogP) is 3.78. The normalized spacial score (nSPS) is 13.1. The fourth-order valence-electron chi connectivity index (χ4n) is 3.12. The fourth-order valence-corrected chi connectivity index (χ4v) is 5.15. The summed E-state index contributed by atoms with van der Waals surface area (Å²) < 4.78 is 29.8. The van der Waals surface area contributed by atoms with Gasteiger partial charge in [-0.3, -0.25) is 4.79 Å². The summed E-state index contributed by atoms with van der Waals surface area (Å²) in [4.78, 5) is 19.7. The lowest BCUT2D eigenvalue weighted by atomic mass is 9.97. The van der Waals surface area contributed by atoms with Gasteiger partial charge in [0.25, 0.3) is 15.6 Å². The SMILES string of the molecule is Cc1ccc2nc(C(C#N)/C(=N\S(=O)(=O)c3cccs3)c3ccccc3)[nH]c(=O)c2c1. The molecule has 2 aromatic heterocycles. The summed E-state index contributed by atoms with van der Waals surface area (Å²) in [5, 5.41) is 12.0. The van der Waals surface area contributed by atoms with E-state index in [0.717, 1.165) is 16.9 Å². The minimum atomic E-state index is -4.05. The summed E-state index contributed by atoms with van der Waals surface area (Å²) in [5.74, 6) is -1.16. The van der Waals surface area contributed by atoms with Gasteiger partial charge in [-0.15, -0.1) is 11.3 Å². The summed E-state index contributed by atoms with van der Waals surface area (Å²) in [6.45, 7) is 1.86. The first-order valence-electron chi connectivity index (χ1n) is 9.23. The van der Waals surface area contributed by atoms with Gasteiger partial charge in [0.1, 0.15) is 16.0 Å². The minimum absolute atomic E-state index is 0.00823. The lowest BCUT2D eigenvalue weighted by Gasteiger charge is -2.13. The van der Waals surface area contributed by atoms with Crippen molar-refractivity contribution in [3.63, 3.8) is 0 Å². The quantitative estimate of drug-likeness (QED) is 0.467. The van der Waals surface area contributed by atoms with Crippen LogP contribution in [-0.4, -0.2) is 24.1 Å². The molecule has 154 valence electrons. The van der Waals surface area contributed by atoms with Crippen LogP contribution in [0, 0.1) is 18.3 Å². The Morgan fingerprint density at radius 1 is 1.16 bits per heavy atom. The van der Waals surface area contributed by atoms with E-state index in [1.165, 1.54) is 6.07 Å². The van der Waals surface area contributed by atoms with Crippen LogP contribution < -0.4 is 5.56 Å². The van der Waals surface area contributed by atoms with Crippen LogP contribution in [-0.2, 0) is 10.0 Å².